The fourth-order valence-electron chi connectivity index (χ4n) is 5.09. The van der Waals surface area contributed by atoms with Gasteiger partial charge in [0.25, 0.3) is 0 Å². The van der Waals surface area contributed by atoms with Crippen LogP contribution in [0.4, 0.5) is 10.5 Å². The molecule has 2 atom stereocenters. The highest BCUT2D eigenvalue weighted by Gasteiger charge is 2.41. The Morgan fingerprint density at radius 3 is 2.53 bits per heavy atom. The monoisotopic (exact) mass is 434 g/mol. The molecule has 5 rings (SSSR count). The molecule has 2 aliphatic rings. The summed E-state index contributed by atoms with van der Waals surface area (Å²) in [7, 11) is 1.72. The first-order valence-electron chi connectivity index (χ1n) is 11.5. The molecule has 2 fully saturated rings. The lowest BCUT2D eigenvalue weighted by Crippen LogP contribution is -2.40. The van der Waals surface area contributed by atoms with Gasteiger partial charge in [0.2, 0.25) is 0 Å². The molecule has 1 unspecified atom stereocenters. The van der Waals surface area contributed by atoms with E-state index in [0.717, 1.165) is 63.2 Å². The molecule has 2 aliphatic heterocycles. The number of nitrogens with zero attached hydrogens (tertiary/aromatic N) is 3. The van der Waals surface area contributed by atoms with Gasteiger partial charge in [-0.15, -0.1) is 0 Å². The first-order chi connectivity index (χ1) is 15.6. The number of aromatic nitrogens is 1. The van der Waals surface area contributed by atoms with Gasteiger partial charge in [-0.05, 0) is 37.0 Å². The topological polar surface area (TPSA) is 70.7 Å². The van der Waals surface area contributed by atoms with Crippen LogP contribution in [-0.2, 0) is 13.5 Å². The van der Waals surface area contributed by atoms with Gasteiger partial charge in [-0.3, -0.25) is 4.57 Å². The van der Waals surface area contributed by atoms with Gasteiger partial charge in [-0.2, -0.15) is 0 Å². The highest BCUT2D eigenvalue weighted by molar-refractivity contribution is 5.78. The molecule has 0 aliphatic carbocycles. The number of urea groups is 1. The van der Waals surface area contributed by atoms with Crippen LogP contribution in [-0.4, -0.2) is 48.2 Å². The van der Waals surface area contributed by atoms with Crippen LogP contribution in [0.25, 0.3) is 11.1 Å². The fraction of sp³-hybridized carbons (Fsp3) is 0.440. The van der Waals surface area contributed by atoms with Gasteiger partial charge in [-0.1, -0.05) is 30.3 Å². The van der Waals surface area contributed by atoms with E-state index in [1.807, 2.05) is 23.1 Å². The number of unbranched alkanes of at least 4 members (excludes halogenated alkanes) is 1. The van der Waals surface area contributed by atoms with Crippen LogP contribution in [0, 0.1) is 11.8 Å². The number of likely N-dealkylation sites (tertiary alicyclic amines) is 1. The second kappa shape index (κ2) is 8.73. The van der Waals surface area contributed by atoms with E-state index in [4.69, 9.17) is 4.42 Å². The number of hydrogen-bond acceptors (Lipinski definition) is 4. The second-order valence-electron chi connectivity index (χ2n) is 9.08. The van der Waals surface area contributed by atoms with Crippen molar-refractivity contribution in [3.05, 3.63) is 64.6 Å². The van der Waals surface area contributed by atoms with Crippen LogP contribution in [0.2, 0.25) is 0 Å². The summed E-state index contributed by atoms with van der Waals surface area (Å²) in [5, 5.41) is 3.10. The molecular weight excluding hydrogens is 404 g/mol. The Morgan fingerprint density at radius 2 is 1.78 bits per heavy atom. The number of carbonyl (C=O) groups excluding carboxylic acids is 1. The molecule has 3 heterocycles. The van der Waals surface area contributed by atoms with E-state index in [-0.39, 0.29) is 11.8 Å². The minimum Gasteiger partial charge on any atom is -0.408 e. The molecule has 1 aromatic heterocycles. The van der Waals surface area contributed by atoms with Crippen LogP contribution in [0.15, 0.2) is 57.7 Å². The summed E-state index contributed by atoms with van der Waals surface area (Å²) in [5.74, 6) is 0.631. The molecule has 0 saturated carbocycles. The van der Waals surface area contributed by atoms with Crippen LogP contribution in [0.5, 0.6) is 0 Å². The van der Waals surface area contributed by atoms with Crippen molar-refractivity contribution < 1.29 is 9.21 Å². The van der Waals surface area contributed by atoms with Crippen LogP contribution < -0.4 is 16.0 Å². The third kappa shape index (κ3) is 4.11. The van der Waals surface area contributed by atoms with Crippen molar-refractivity contribution >= 4 is 22.8 Å². The molecule has 2 aromatic carbocycles. The molecule has 32 heavy (non-hydrogen) atoms. The quantitative estimate of drug-likeness (QED) is 0.605. The predicted molar refractivity (Wildman–Crippen MR) is 125 cm³/mol. The lowest BCUT2D eigenvalue weighted by molar-refractivity contribution is 0.205. The van der Waals surface area contributed by atoms with Crippen molar-refractivity contribution in [1.29, 1.82) is 0 Å². The summed E-state index contributed by atoms with van der Waals surface area (Å²) in [6.07, 6.45) is 3.13. The lowest BCUT2D eigenvalue weighted by atomic mass is 10.0. The van der Waals surface area contributed by atoms with Crippen LogP contribution in [0.1, 0.15) is 18.4 Å². The third-order valence-electron chi connectivity index (χ3n) is 6.93. The van der Waals surface area contributed by atoms with Gasteiger partial charge in [0, 0.05) is 63.4 Å². The zero-order valence-electron chi connectivity index (χ0n) is 18.5. The second-order valence-corrected chi connectivity index (χ2v) is 9.08. The summed E-state index contributed by atoms with van der Waals surface area (Å²) >= 11 is 0. The number of aryl methyl sites for hydroxylation is 2. The molecule has 1 N–H and O–H groups in total. The summed E-state index contributed by atoms with van der Waals surface area (Å²) in [6, 6.07) is 16.5. The predicted octanol–water partition coefficient (Wildman–Crippen LogP) is 3.23. The van der Waals surface area contributed by atoms with E-state index in [9.17, 15) is 9.59 Å². The van der Waals surface area contributed by atoms with E-state index >= 15 is 0 Å². The zero-order chi connectivity index (χ0) is 22.1. The van der Waals surface area contributed by atoms with Gasteiger partial charge in [0.1, 0.15) is 0 Å². The standard InChI is InChI=1S/C25H30N4O3/c1-27-22-11-10-21(13-23(22)32-25(27)31)28-14-19-16-29(17-20(19)15-28)24(30)26-12-6-5-9-18-7-3-2-4-8-18/h2-4,7-8,10-11,13,19-20H,5-6,9,12,14-17H2,1H3,(H,26,30)/t19-,20?/m0/s1. The van der Waals surface area contributed by atoms with Crippen molar-refractivity contribution in [2.75, 3.05) is 37.6 Å². The van der Waals surface area contributed by atoms with Crippen molar-refractivity contribution in [1.82, 2.24) is 14.8 Å². The van der Waals surface area contributed by atoms with Crippen molar-refractivity contribution in [2.45, 2.75) is 19.3 Å². The number of oxazole rings is 1. The molecule has 2 amide bonds. The molecule has 0 bridgehead atoms. The van der Waals surface area contributed by atoms with Gasteiger partial charge in [0.15, 0.2) is 5.58 Å². The molecule has 0 radical (unpaired) electrons. The normalized spacial score (nSPS) is 20.2. The highest BCUT2D eigenvalue weighted by Crippen LogP contribution is 2.34. The maximum absolute atomic E-state index is 12.6. The van der Waals surface area contributed by atoms with Gasteiger partial charge in [-0.25, -0.2) is 9.59 Å². The van der Waals surface area contributed by atoms with Gasteiger partial charge in [0.05, 0.1) is 5.52 Å². The van der Waals surface area contributed by atoms with Gasteiger partial charge < -0.3 is 19.5 Å². The zero-order valence-corrected chi connectivity index (χ0v) is 18.5. The number of nitrogens with one attached hydrogen (secondary N) is 1. The summed E-state index contributed by atoms with van der Waals surface area (Å²) in [6.45, 7) is 4.19. The minimum absolute atomic E-state index is 0.0677. The maximum atomic E-state index is 12.6. The van der Waals surface area contributed by atoms with Gasteiger partial charge >= 0.3 is 11.8 Å². The summed E-state index contributed by atoms with van der Waals surface area (Å²) in [4.78, 5) is 28.7. The van der Waals surface area contributed by atoms with E-state index in [2.05, 4.69) is 40.5 Å². The Hall–Kier alpha value is -3.22. The average Bonchev–Trinajstić information content (AvgIpc) is 3.46. The van der Waals surface area contributed by atoms with E-state index < -0.39 is 0 Å². The molecule has 3 aromatic rings. The van der Waals surface area contributed by atoms with Crippen molar-refractivity contribution in [3.63, 3.8) is 0 Å². The molecule has 2 saturated heterocycles. The lowest BCUT2D eigenvalue weighted by Gasteiger charge is -2.23. The Balaban J connectivity index is 1.08. The molecule has 168 valence electrons. The Bertz CT molecular complexity index is 1140. The van der Waals surface area contributed by atoms with Crippen molar-refractivity contribution in [2.24, 2.45) is 18.9 Å². The first-order valence-corrected chi connectivity index (χ1v) is 11.5. The smallest absolute Gasteiger partial charge is 0.408 e. The third-order valence-corrected chi connectivity index (χ3v) is 6.93. The van der Waals surface area contributed by atoms with Crippen LogP contribution in [0.3, 0.4) is 0 Å². The average molecular weight is 435 g/mol. The number of amides is 2. The van der Waals surface area contributed by atoms with Crippen molar-refractivity contribution in [3.8, 4) is 0 Å². The maximum Gasteiger partial charge on any atom is 0.419 e. The fourth-order valence-corrected chi connectivity index (χ4v) is 5.09. The largest absolute Gasteiger partial charge is 0.419 e. The molecule has 0 spiro atoms. The Morgan fingerprint density at radius 1 is 1.03 bits per heavy atom. The number of anilines is 1. The Labute approximate surface area is 187 Å². The van der Waals surface area contributed by atoms with E-state index in [1.54, 1.807) is 7.05 Å². The highest BCUT2D eigenvalue weighted by atomic mass is 16.4. The molecule has 7 nitrogen and oxygen atoms in total. The van der Waals surface area contributed by atoms with E-state index in [1.165, 1.54) is 10.1 Å². The number of rotatable bonds is 6. The molecule has 7 heteroatoms. The van der Waals surface area contributed by atoms with Crippen LogP contribution >= 0.6 is 0 Å². The number of hydrogen-bond donors (Lipinski definition) is 1. The number of benzene rings is 2. The SMILES string of the molecule is Cn1c(=O)oc2cc(N3CC4CN(C(=O)NCCCCc5ccccc5)C[C@@H]4C3)ccc21. The Kier molecular flexibility index (Phi) is 5.64. The van der Waals surface area contributed by atoms with E-state index in [0.29, 0.717) is 17.4 Å². The first kappa shape index (κ1) is 20.7. The number of fused-ring (bicyclic) bond motifs is 2. The summed E-state index contributed by atoms with van der Waals surface area (Å²) < 4.78 is 6.86. The number of carbonyl (C=O) groups is 1. The molecular formula is C25H30N4O3. The summed E-state index contributed by atoms with van der Waals surface area (Å²) in [5.41, 5.74) is 3.87. The minimum atomic E-state index is -0.336.